The maximum atomic E-state index is 11.3. The van der Waals surface area contributed by atoms with Crippen LogP contribution in [0.2, 0.25) is 0 Å². The molecule has 0 amide bonds. The van der Waals surface area contributed by atoms with Crippen LogP contribution in [0.5, 0.6) is 0 Å². The number of aromatic carboxylic acids is 1. The van der Waals surface area contributed by atoms with Crippen molar-refractivity contribution in [3.05, 3.63) is 28.7 Å². The van der Waals surface area contributed by atoms with Crippen molar-refractivity contribution >= 4 is 11.8 Å². The van der Waals surface area contributed by atoms with Crippen molar-refractivity contribution < 1.29 is 9.90 Å². The zero-order chi connectivity index (χ0) is 14.9. The van der Waals surface area contributed by atoms with Gasteiger partial charge < -0.3 is 10.4 Å². The van der Waals surface area contributed by atoms with Gasteiger partial charge in [-0.1, -0.05) is 6.92 Å². The predicted octanol–water partition coefficient (Wildman–Crippen LogP) is 1.33. The van der Waals surface area contributed by atoms with E-state index in [-0.39, 0.29) is 5.56 Å². The number of rotatable bonds is 5. The first kappa shape index (κ1) is 14.1. The Morgan fingerprint density at radius 1 is 1.40 bits per heavy atom. The lowest BCUT2D eigenvalue weighted by molar-refractivity contribution is 0.0697. The lowest BCUT2D eigenvalue weighted by Crippen LogP contribution is -2.09. The molecule has 2 N–H and O–H groups in total. The van der Waals surface area contributed by atoms with Crippen LogP contribution in [0.4, 0.5) is 5.82 Å². The van der Waals surface area contributed by atoms with E-state index in [9.17, 15) is 9.90 Å². The number of carboxylic acid groups (broad SMARTS) is 1. The molecule has 0 spiro atoms. The van der Waals surface area contributed by atoms with Crippen LogP contribution in [0.3, 0.4) is 0 Å². The van der Waals surface area contributed by atoms with E-state index >= 15 is 0 Å². The highest BCUT2D eigenvalue weighted by molar-refractivity contribution is 5.94. The lowest BCUT2D eigenvalue weighted by atomic mass is 10.2. The van der Waals surface area contributed by atoms with Gasteiger partial charge in [0.2, 0.25) is 0 Å². The van der Waals surface area contributed by atoms with Crippen molar-refractivity contribution in [2.24, 2.45) is 14.1 Å². The molecule has 0 atom stereocenters. The van der Waals surface area contributed by atoms with Gasteiger partial charge >= 0.3 is 5.97 Å². The van der Waals surface area contributed by atoms with Crippen molar-refractivity contribution in [3.63, 3.8) is 0 Å². The highest BCUT2D eigenvalue weighted by Crippen LogP contribution is 2.20. The second kappa shape index (κ2) is 5.36. The molecule has 0 aliphatic heterocycles. The molecule has 0 aromatic carbocycles. The fourth-order valence-corrected chi connectivity index (χ4v) is 2.32. The summed E-state index contributed by atoms with van der Waals surface area (Å²) in [5.74, 6) is -0.457. The topological polar surface area (TPSA) is 85.0 Å². The molecular weight excluding hydrogens is 258 g/mol. The summed E-state index contributed by atoms with van der Waals surface area (Å²) in [6.07, 6.45) is 2.78. The van der Waals surface area contributed by atoms with Gasteiger partial charge in [-0.2, -0.15) is 10.2 Å². The van der Waals surface area contributed by atoms with E-state index in [0.29, 0.717) is 18.1 Å². The molecule has 7 heteroatoms. The molecule has 2 rings (SSSR count). The normalized spacial score (nSPS) is 10.8. The van der Waals surface area contributed by atoms with Gasteiger partial charge in [0, 0.05) is 32.4 Å². The summed E-state index contributed by atoms with van der Waals surface area (Å²) in [7, 11) is 3.60. The van der Waals surface area contributed by atoms with Gasteiger partial charge in [0.25, 0.3) is 0 Å². The largest absolute Gasteiger partial charge is 0.477 e. The van der Waals surface area contributed by atoms with Crippen LogP contribution >= 0.6 is 0 Å². The smallest absolute Gasteiger partial charge is 0.341 e. The summed E-state index contributed by atoms with van der Waals surface area (Å²) in [6.45, 7) is 4.26. The summed E-state index contributed by atoms with van der Waals surface area (Å²) in [5, 5.41) is 20.9. The molecule has 0 bridgehead atoms. The SMILES string of the molecule is CCc1nn(C)cc1CNc1c(C(=O)O)c(C)nn1C. The quantitative estimate of drug-likeness (QED) is 0.861. The van der Waals surface area contributed by atoms with E-state index in [1.54, 1.807) is 23.3 Å². The zero-order valence-corrected chi connectivity index (χ0v) is 12.1. The van der Waals surface area contributed by atoms with Crippen LogP contribution < -0.4 is 5.32 Å². The van der Waals surface area contributed by atoms with E-state index in [1.807, 2.05) is 20.2 Å². The summed E-state index contributed by atoms with van der Waals surface area (Å²) in [4.78, 5) is 11.3. The van der Waals surface area contributed by atoms with E-state index in [1.165, 1.54) is 0 Å². The van der Waals surface area contributed by atoms with E-state index in [2.05, 4.69) is 15.5 Å². The summed E-state index contributed by atoms with van der Waals surface area (Å²) < 4.78 is 3.32. The molecule has 0 unspecified atom stereocenters. The van der Waals surface area contributed by atoms with Crippen molar-refractivity contribution in [1.29, 1.82) is 0 Å². The van der Waals surface area contributed by atoms with Crippen LogP contribution in [-0.2, 0) is 27.1 Å². The van der Waals surface area contributed by atoms with Gasteiger partial charge in [-0.25, -0.2) is 4.79 Å². The Bertz CT molecular complexity index is 641. The van der Waals surface area contributed by atoms with Gasteiger partial charge in [-0.05, 0) is 13.3 Å². The molecule has 2 heterocycles. The van der Waals surface area contributed by atoms with E-state index < -0.39 is 5.97 Å². The maximum Gasteiger partial charge on any atom is 0.341 e. The zero-order valence-electron chi connectivity index (χ0n) is 12.1. The second-order valence-corrected chi connectivity index (χ2v) is 4.72. The van der Waals surface area contributed by atoms with Crippen molar-refractivity contribution in [2.75, 3.05) is 5.32 Å². The number of carbonyl (C=O) groups is 1. The molecule has 7 nitrogen and oxygen atoms in total. The third-order valence-corrected chi connectivity index (χ3v) is 3.21. The van der Waals surface area contributed by atoms with Crippen LogP contribution in [0.25, 0.3) is 0 Å². The molecule has 2 aromatic rings. The van der Waals surface area contributed by atoms with Crippen LogP contribution in [0.1, 0.15) is 34.2 Å². The molecule has 0 saturated carbocycles. The van der Waals surface area contributed by atoms with Crippen molar-refractivity contribution in [3.8, 4) is 0 Å². The number of hydrogen-bond acceptors (Lipinski definition) is 4. The first-order valence-electron chi connectivity index (χ1n) is 6.46. The number of aromatic nitrogens is 4. The van der Waals surface area contributed by atoms with Crippen molar-refractivity contribution in [2.45, 2.75) is 26.8 Å². The number of anilines is 1. The number of nitrogens with zero attached hydrogens (tertiary/aromatic N) is 4. The van der Waals surface area contributed by atoms with Crippen LogP contribution in [0.15, 0.2) is 6.20 Å². The standard InChI is InChI=1S/C13H19N5O2/c1-5-10-9(7-17(3)16-10)6-14-12-11(13(19)20)8(2)15-18(12)4/h7,14H,5-6H2,1-4H3,(H,19,20). The maximum absolute atomic E-state index is 11.3. The Morgan fingerprint density at radius 2 is 2.10 bits per heavy atom. The first-order chi connectivity index (χ1) is 9.43. The first-order valence-corrected chi connectivity index (χ1v) is 6.46. The van der Waals surface area contributed by atoms with Gasteiger partial charge in [0.15, 0.2) is 0 Å². The fraction of sp³-hybridized carbons (Fsp3) is 0.462. The molecular formula is C13H19N5O2. The van der Waals surface area contributed by atoms with Crippen LogP contribution in [0, 0.1) is 6.92 Å². The van der Waals surface area contributed by atoms with Crippen molar-refractivity contribution in [1.82, 2.24) is 19.6 Å². The Balaban J connectivity index is 2.25. The van der Waals surface area contributed by atoms with Gasteiger partial charge in [0.05, 0.1) is 11.4 Å². The monoisotopic (exact) mass is 277 g/mol. The Hall–Kier alpha value is -2.31. The molecule has 20 heavy (non-hydrogen) atoms. The molecule has 0 saturated heterocycles. The van der Waals surface area contributed by atoms with Gasteiger partial charge in [-0.15, -0.1) is 0 Å². The highest BCUT2D eigenvalue weighted by atomic mass is 16.4. The van der Waals surface area contributed by atoms with Gasteiger partial charge in [-0.3, -0.25) is 9.36 Å². The molecule has 108 valence electrons. The Kier molecular flexibility index (Phi) is 3.78. The Morgan fingerprint density at radius 3 is 2.70 bits per heavy atom. The predicted molar refractivity (Wildman–Crippen MR) is 74.8 cm³/mol. The minimum Gasteiger partial charge on any atom is -0.477 e. The number of nitrogens with one attached hydrogen (secondary N) is 1. The number of carboxylic acids is 1. The molecule has 0 aliphatic carbocycles. The van der Waals surface area contributed by atoms with E-state index in [4.69, 9.17) is 0 Å². The average Bonchev–Trinajstić information content (AvgIpc) is 2.86. The van der Waals surface area contributed by atoms with Crippen LogP contribution in [-0.4, -0.2) is 30.6 Å². The third-order valence-electron chi connectivity index (χ3n) is 3.21. The highest BCUT2D eigenvalue weighted by Gasteiger charge is 2.19. The minimum absolute atomic E-state index is 0.217. The molecule has 0 fully saturated rings. The average molecular weight is 277 g/mol. The second-order valence-electron chi connectivity index (χ2n) is 4.72. The summed E-state index contributed by atoms with van der Waals surface area (Å²) >= 11 is 0. The summed E-state index contributed by atoms with van der Waals surface area (Å²) in [6, 6.07) is 0. The molecule has 2 aromatic heterocycles. The number of hydrogen-bond donors (Lipinski definition) is 2. The van der Waals surface area contributed by atoms with Gasteiger partial charge in [0.1, 0.15) is 11.4 Å². The summed E-state index contributed by atoms with van der Waals surface area (Å²) in [5.41, 5.74) is 2.79. The minimum atomic E-state index is -0.972. The van der Waals surface area contributed by atoms with E-state index in [0.717, 1.165) is 17.7 Å². The third kappa shape index (κ3) is 2.52. The molecule has 0 radical (unpaired) electrons. The number of aryl methyl sites for hydroxylation is 4. The fourth-order valence-electron chi connectivity index (χ4n) is 2.32. The molecule has 0 aliphatic rings. The Labute approximate surface area is 117 Å². The lowest BCUT2D eigenvalue weighted by Gasteiger charge is -2.07.